The molecule has 0 bridgehead atoms. The Morgan fingerprint density at radius 1 is 1.35 bits per heavy atom. The second-order valence-corrected chi connectivity index (χ2v) is 5.84. The Balaban J connectivity index is 2.31. The molecule has 1 nitrogen and oxygen atoms in total. The van der Waals surface area contributed by atoms with Gasteiger partial charge in [-0.15, -0.1) is 0 Å². The first-order valence-corrected chi connectivity index (χ1v) is 6.50. The van der Waals surface area contributed by atoms with Gasteiger partial charge in [0.25, 0.3) is 0 Å². The highest BCUT2D eigenvalue weighted by Crippen LogP contribution is 2.37. The molecule has 1 heterocycles. The van der Waals surface area contributed by atoms with Crippen molar-refractivity contribution in [3.05, 3.63) is 34.6 Å². The van der Waals surface area contributed by atoms with Gasteiger partial charge in [0.15, 0.2) is 0 Å². The maximum Gasteiger partial charge on any atom is 0.128 e. The molecule has 2 atom stereocenters. The fourth-order valence-electron chi connectivity index (χ4n) is 2.84. The normalized spacial score (nSPS) is 25.8. The van der Waals surface area contributed by atoms with Crippen LogP contribution in [-0.2, 0) is 0 Å². The molecule has 2 rings (SSSR count). The van der Waals surface area contributed by atoms with Crippen LogP contribution in [0.3, 0.4) is 0 Å². The fourth-order valence-corrected chi connectivity index (χ4v) is 3.00. The van der Waals surface area contributed by atoms with Gasteiger partial charge in [0.05, 0.1) is 0 Å². The number of likely N-dealkylation sites (tertiary alicyclic amines) is 1. The average Bonchev–Trinajstić information content (AvgIpc) is 2.60. The van der Waals surface area contributed by atoms with Crippen LogP contribution in [0.15, 0.2) is 18.2 Å². The molecular weight excluding hydrogens is 237 g/mol. The Kier molecular flexibility index (Phi) is 3.74. The zero-order valence-electron chi connectivity index (χ0n) is 10.6. The summed E-state index contributed by atoms with van der Waals surface area (Å²) in [6.07, 6.45) is 0. The number of hydrogen-bond acceptors (Lipinski definition) is 1. The molecule has 0 amide bonds. The highest BCUT2D eigenvalue weighted by atomic mass is 35.5. The fraction of sp³-hybridized carbons (Fsp3) is 0.571. The molecule has 1 aliphatic rings. The number of nitrogens with zero attached hydrogens (tertiary/aromatic N) is 1. The molecule has 0 spiro atoms. The minimum absolute atomic E-state index is 0.163. The van der Waals surface area contributed by atoms with Crippen molar-refractivity contribution in [3.63, 3.8) is 0 Å². The van der Waals surface area contributed by atoms with Gasteiger partial charge in [0.1, 0.15) is 5.82 Å². The highest BCUT2D eigenvalue weighted by Gasteiger charge is 2.35. The number of rotatable bonds is 2. The first kappa shape index (κ1) is 12.8. The lowest BCUT2D eigenvalue weighted by molar-refractivity contribution is 0.343. The van der Waals surface area contributed by atoms with Crippen LogP contribution in [0.5, 0.6) is 0 Å². The summed E-state index contributed by atoms with van der Waals surface area (Å²) in [4.78, 5) is 2.28. The Bertz CT molecular complexity index is 405. The molecular formula is C14H19ClFN. The number of likely N-dealkylation sites (N-methyl/N-ethyl adjacent to an activating group) is 1. The van der Waals surface area contributed by atoms with Crippen molar-refractivity contribution in [2.45, 2.75) is 19.8 Å². The van der Waals surface area contributed by atoms with Crippen LogP contribution < -0.4 is 0 Å². The summed E-state index contributed by atoms with van der Waals surface area (Å²) in [7, 11) is 2.10. The molecule has 0 radical (unpaired) electrons. The van der Waals surface area contributed by atoms with Crippen molar-refractivity contribution >= 4 is 11.6 Å². The van der Waals surface area contributed by atoms with Gasteiger partial charge >= 0.3 is 0 Å². The lowest BCUT2D eigenvalue weighted by Gasteiger charge is -2.22. The van der Waals surface area contributed by atoms with Gasteiger partial charge in [-0.1, -0.05) is 31.5 Å². The lowest BCUT2D eigenvalue weighted by atomic mass is 9.82. The largest absolute Gasteiger partial charge is 0.305 e. The predicted octanol–water partition coefficient (Wildman–Crippen LogP) is 3.78. The van der Waals surface area contributed by atoms with Gasteiger partial charge < -0.3 is 4.90 Å². The van der Waals surface area contributed by atoms with E-state index in [9.17, 15) is 4.39 Å². The molecule has 0 unspecified atom stereocenters. The summed E-state index contributed by atoms with van der Waals surface area (Å²) >= 11 is 5.80. The Morgan fingerprint density at radius 3 is 2.65 bits per heavy atom. The third-order valence-electron chi connectivity index (χ3n) is 3.77. The molecule has 0 N–H and O–H groups in total. The summed E-state index contributed by atoms with van der Waals surface area (Å²) in [5.74, 6) is 1.22. The van der Waals surface area contributed by atoms with Crippen molar-refractivity contribution in [1.29, 1.82) is 0 Å². The van der Waals surface area contributed by atoms with Crippen molar-refractivity contribution in [2.75, 3.05) is 20.1 Å². The highest BCUT2D eigenvalue weighted by molar-refractivity contribution is 6.30. The first-order chi connectivity index (χ1) is 7.99. The lowest BCUT2D eigenvalue weighted by Crippen LogP contribution is -2.18. The number of halogens is 2. The molecule has 0 aromatic heterocycles. The maximum atomic E-state index is 14.0. The van der Waals surface area contributed by atoms with Crippen LogP contribution in [0, 0.1) is 17.7 Å². The van der Waals surface area contributed by atoms with E-state index in [1.807, 2.05) is 6.07 Å². The number of hydrogen-bond donors (Lipinski definition) is 0. The van der Waals surface area contributed by atoms with Crippen molar-refractivity contribution < 1.29 is 4.39 Å². The van der Waals surface area contributed by atoms with Crippen molar-refractivity contribution in [1.82, 2.24) is 4.90 Å². The minimum Gasteiger partial charge on any atom is -0.305 e. The maximum absolute atomic E-state index is 14.0. The molecule has 3 heteroatoms. The third-order valence-corrected chi connectivity index (χ3v) is 4.00. The van der Waals surface area contributed by atoms with Crippen LogP contribution in [0.25, 0.3) is 0 Å². The van der Waals surface area contributed by atoms with Crippen LogP contribution in [0.2, 0.25) is 5.02 Å². The van der Waals surface area contributed by atoms with Crippen LogP contribution in [0.4, 0.5) is 4.39 Å². The van der Waals surface area contributed by atoms with Crippen molar-refractivity contribution in [2.24, 2.45) is 11.8 Å². The molecule has 94 valence electrons. The molecule has 17 heavy (non-hydrogen) atoms. The standard InChI is InChI=1S/C14H19ClFN/c1-9(2)12-7-17(3)8-13(12)11-5-4-10(15)6-14(11)16/h4-6,9,12-13H,7-8H2,1-3H3/t12-,13-/m0/s1. The second kappa shape index (κ2) is 4.95. The predicted molar refractivity (Wildman–Crippen MR) is 70.0 cm³/mol. The van der Waals surface area contributed by atoms with Crippen molar-refractivity contribution in [3.8, 4) is 0 Å². The first-order valence-electron chi connectivity index (χ1n) is 6.12. The monoisotopic (exact) mass is 255 g/mol. The Morgan fingerprint density at radius 2 is 2.06 bits per heavy atom. The Hall–Kier alpha value is -0.600. The van der Waals surface area contributed by atoms with Gasteiger partial charge in [-0.25, -0.2) is 4.39 Å². The summed E-state index contributed by atoms with van der Waals surface area (Å²) in [6, 6.07) is 5.05. The molecule has 1 fully saturated rings. The minimum atomic E-state index is -0.163. The Labute approximate surface area is 108 Å². The molecule has 0 aliphatic carbocycles. The van der Waals surface area contributed by atoms with Gasteiger partial charge in [0.2, 0.25) is 0 Å². The third kappa shape index (κ3) is 2.63. The number of benzene rings is 1. The summed E-state index contributed by atoms with van der Waals surface area (Å²) < 4.78 is 14.0. The van der Waals surface area contributed by atoms with E-state index in [0.29, 0.717) is 16.9 Å². The zero-order chi connectivity index (χ0) is 12.6. The molecule has 0 saturated carbocycles. The van der Waals surface area contributed by atoms with E-state index < -0.39 is 0 Å². The van der Waals surface area contributed by atoms with Crippen LogP contribution >= 0.6 is 11.6 Å². The summed E-state index contributed by atoms with van der Waals surface area (Å²) in [6.45, 7) is 6.40. The van der Waals surface area contributed by atoms with Crippen LogP contribution in [0.1, 0.15) is 25.3 Å². The molecule has 1 aromatic carbocycles. The van der Waals surface area contributed by atoms with E-state index in [2.05, 4.69) is 25.8 Å². The summed E-state index contributed by atoms with van der Waals surface area (Å²) in [5, 5.41) is 0.471. The SMILES string of the molecule is CC(C)[C@@H]1CN(C)C[C@H]1c1ccc(Cl)cc1F. The van der Waals surface area contributed by atoms with Gasteiger partial charge in [0, 0.05) is 24.0 Å². The van der Waals surface area contributed by atoms with Gasteiger partial charge in [-0.3, -0.25) is 0 Å². The summed E-state index contributed by atoms with van der Waals surface area (Å²) in [5.41, 5.74) is 0.817. The smallest absolute Gasteiger partial charge is 0.128 e. The van der Waals surface area contributed by atoms with E-state index in [1.165, 1.54) is 6.07 Å². The molecule has 1 aromatic rings. The van der Waals surface area contributed by atoms with Gasteiger partial charge in [-0.2, -0.15) is 0 Å². The van der Waals surface area contributed by atoms with E-state index in [0.717, 1.165) is 18.7 Å². The topological polar surface area (TPSA) is 3.24 Å². The van der Waals surface area contributed by atoms with Crippen LogP contribution in [-0.4, -0.2) is 25.0 Å². The van der Waals surface area contributed by atoms with E-state index in [-0.39, 0.29) is 11.7 Å². The zero-order valence-corrected chi connectivity index (χ0v) is 11.3. The molecule has 1 saturated heterocycles. The van der Waals surface area contributed by atoms with E-state index in [4.69, 9.17) is 11.6 Å². The molecule has 1 aliphatic heterocycles. The van der Waals surface area contributed by atoms with Gasteiger partial charge in [-0.05, 0) is 36.6 Å². The van der Waals surface area contributed by atoms with E-state index in [1.54, 1.807) is 6.07 Å². The quantitative estimate of drug-likeness (QED) is 0.777. The van der Waals surface area contributed by atoms with E-state index >= 15 is 0 Å². The average molecular weight is 256 g/mol. The second-order valence-electron chi connectivity index (χ2n) is 5.40.